The Labute approximate surface area is 227 Å². The van der Waals surface area contributed by atoms with Crippen LogP contribution in [-0.2, 0) is 21.7 Å². The zero-order valence-electron chi connectivity index (χ0n) is 22.9. The Hall–Kier alpha value is -3.57. The molecule has 4 nitrogen and oxygen atoms in total. The number of hydrogen-bond donors (Lipinski definition) is 1. The van der Waals surface area contributed by atoms with Crippen molar-refractivity contribution in [2.45, 2.75) is 64.1 Å². The van der Waals surface area contributed by atoms with E-state index >= 15 is 0 Å². The first-order chi connectivity index (χ1) is 18.2. The van der Waals surface area contributed by atoms with Crippen molar-refractivity contribution in [3.05, 3.63) is 119 Å². The van der Waals surface area contributed by atoms with Gasteiger partial charge in [-0.1, -0.05) is 112 Å². The van der Waals surface area contributed by atoms with Crippen LogP contribution in [0, 0.1) is 0 Å². The van der Waals surface area contributed by atoms with Crippen LogP contribution < -0.4 is 4.74 Å². The third-order valence-electron chi connectivity index (χ3n) is 6.77. The molecule has 1 aliphatic heterocycles. The van der Waals surface area contributed by atoms with Crippen LogP contribution in [0.5, 0.6) is 5.75 Å². The van der Waals surface area contributed by atoms with Gasteiger partial charge in [0.05, 0.1) is 6.42 Å². The lowest BCUT2D eigenvalue weighted by Crippen LogP contribution is -2.38. The molecule has 0 amide bonds. The minimum atomic E-state index is -1.49. The second-order valence-electron chi connectivity index (χ2n) is 11.2. The summed E-state index contributed by atoms with van der Waals surface area (Å²) in [5.41, 5.74) is 2.91. The third kappa shape index (κ3) is 6.64. The second kappa shape index (κ2) is 11.9. The van der Waals surface area contributed by atoms with Crippen molar-refractivity contribution in [1.29, 1.82) is 0 Å². The molecule has 3 aromatic rings. The van der Waals surface area contributed by atoms with E-state index in [2.05, 4.69) is 32.6 Å². The largest absolute Gasteiger partial charge is 0.511 e. The molecule has 198 valence electrons. The van der Waals surface area contributed by atoms with Gasteiger partial charge in [0, 0.05) is 8.07 Å². The molecule has 1 aliphatic rings. The summed E-state index contributed by atoms with van der Waals surface area (Å²) in [6, 6.07) is 28.4. The monoisotopic (exact) mass is 526 g/mol. The number of cyclic esters (lactones) is 1. The van der Waals surface area contributed by atoms with Crippen molar-refractivity contribution >= 4 is 19.6 Å². The van der Waals surface area contributed by atoms with Gasteiger partial charge >= 0.3 is 5.97 Å². The van der Waals surface area contributed by atoms with E-state index in [0.717, 1.165) is 29.2 Å². The summed E-state index contributed by atoms with van der Waals surface area (Å²) in [6.07, 6.45) is 3.81. The fraction of sp³-hybridized carbons (Fsp3) is 0.303. The van der Waals surface area contributed by atoms with Gasteiger partial charge in [-0.3, -0.25) is 0 Å². The first-order valence-corrected chi connectivity index (χ1v) is 17.1. The van der Waals surface area contributed by atoms with Crippen molar-refractivity contribution in [3.63, 3.8) is 0 Å². The highest BCUT2D eigenvalue weighted by molar-refractivity contribution is 6.76. The number of benzene rings is 3. The average Bonchev–Trinajstić information content (AvgIpc) is 2.90. The maximum absolute atomic E-state index is 13.7. The molecule has 1 heterocycles. The summed E-state index contributed by atoms with van der Waals surface area (Å²) < 4.78 is 12.3. The first kappa shape index (κ1) is 27.5. The molecule has 0 fully saturated rings. The molecule has 0 radical (unpaired) electrons. The number of hydrogen-bond acceptors (Lipinski definition) is 4. The van der Waals surface area contributed by atoms with E-state index in [-0.39, 0.29) is 17.8 Å². The number of rotatable bonds is 10. The van der Waals surface area contributed by atoms with Gasteiger partial charge in [0.25, 0.3) is 0 Å². The topological polar surface area (TPSA) is 55.8 Å². The van der Waals surface area contributed by atoms with Crippen molar-refractivity contribution in [2.75, 3.05) is 0 Å². The number of allylic oxidation sites excluding steroid dienone is 1. The van der Waals surface area contributed by atoms with Gasteiger partial charge < -0.3 is 14.6 Å². The van der Waals surface area contributed by atoms with Crippen LogP contribution in [0.3, 0.4) is 0 Å². The number of carbonyl (C=O) groups is 1. The number of esters is 1. The van der Waals surface area contributed by atoms with E-state index in [1.807, 2.05) is 84.9 Å². The molecule has 5 heteroatoms. The van der Waals surface area contributed by atoms with E-state index in [0.29, 0.717) is 24.4 Å². The van der Waals surface area contributed by atoms with Crippen LogP contribution in [-0.4, -0.2) is 19.1 Å². The van der Waals surface area contributed by atoms with Crippen LogP contribution in [0.15, 0.2) is 102 Å². The first-order valence-electron chi connectivity index (χ1n) is 13.4. The standard InChI is InChI=1S/C33H38O4Si/c1-5-20-33(27-16-10-7-11-17-27)23-30(34)31(32(35)37-33)29(19-21-38(2,3)4)26-15-12-18-28(22-26)36-24-25-13-8-6-9-14-25/h6-19,22,34H,5,20-21,23-24H2,1-4H3/b29-19+. The summed E-state index contributed by atoms with van der Waals surface area (Å²) in [5, 5.41) is 11.5. The van der Waals surface area contributed by atoms with Crippen molar-refractivity contribution in [2.24, 2.45) is 0 Å². The molecule has 1 unspecified atom stereocenters. The lowest BCUT2D eigenvalue weighted by atomic mass is 9.81. The van der Waals surface area contributed by atoms with Crippen LogP contribution >= 0.6 is 0 Å². The summed E-state index contributed by atoms with van der Waals surface area (Å²) in [7, 11) is -1.49. The van der Waals surface area contributed by atoms with Gasteiger partial charge in [0.1, 0.15) is 29.3 Å². The van der Waals surface area contributed by atoms with Gasteiger partial charge in [-0.05, 0) is 46.9 Å². The summed E-state index contributed by atoms with van der Waals surface area (Å²) in [6.45, 7) is 9.38. The van der Waals surface area contributed by atoms with Gasteiger partial charge in [0.2, 0.25) is 0 Å². The highest BCUT2D eigenvalue weighted by Gasteiger charge is 2.43. The van der Waals surface area contributed by atoms with Crippen molar-refractivity contribution in [3.8, 4) is 5.75 Å². The van der Waals surface area contributed by atoms with E-state index < -0.39 is 19.6 Å². The van der Waals surface area contributed by atoms with E-state index in [4.69, 9.17) is 9.47 Å². The summed E-state index contributed by atoms with van der Waals surface area (Å²) in [4.78, 5) is 13.7. The lowest BCUT2D eigenvalue weighted by Gasteiger charge is -2.38. The average molecular weight is 527 g/mol. The van der Waals surface area contributed by atoms with Gasteiger partial charge in [-0.25, -0.2) is 4.79 Å². The van der Waals surface area contributed by atoms with E-state index in [1.54, 1.807) is 0 Å². The fourth-order valence-electron chi connectivity index (χ4n) is 4.86. The molecule has 4 rings (SSSR count). The Balaban J connectivity index is 1.72. The Kier molecular flexibility index (Phi) is 8.57. The Morgan fingerprint density at radius 3 is 2.32 bits per heavy atom. The predicted octanol–water partition coefficient (Wildman–Crippen LogP) is 8.44. The van der Waals surface area contributed by atoms with Crippen molar-refractivity contribution < 1.29 is 19.4 Å². The number of aliphatic hydroxyl groups is 1. The number of ether oxygens (including phenoxy) is 2. The molecular formula is C33H38O4Si. The molecule has 0 spiro atoms. The van der Waals surface area contributed by atoms with Gasteiger partial charge in [-0.2, -0.15) is 0 Å². The molecule has 0 bridgehead atoms. The van der Waals surface area contributed by atoms with Crippen LogP contribution in [0.1, 0.15) is 42.9 Å². The molecule has 0 saturated carbocycles. The lowest BCUT2D eigenvalue weighted by molar-refractivity contribution is -0.160. The molecule has 1 atom stereocenters. The number of carbonyl (C=O) groups excluding carboxylic acids is 1. The van der Waals surface area contributed by atoms with E-state index in [9.17, 15) is 9.90 Å². The highest BCUT2D eigenvalue weighted by atomic mass is 28.3. The molecule has 1 N–H and O–H groups in total. The van der Waals surface area contributed by atoms with Crippen molar-refractivity contribution in [1.82, 2.24) is 0 Å². The maximum Gasteiger partial charge on any atom is 0.343 e. The predicted molar refractivity (Wildman–Crippen MR) is 157 cm³/mol. The Bertz CT molecular complexity index is 1310. The fourth-order valence-corrected chi connectivity index (χ4v) is 5.68. The second-order valence-corrected chi connectivity index (χ2v) is 16.7. The van der Waals surface area contributed by atoms with Gasteiger partial charge in [-0.15, -0.1) is 0 Å². The number of aliphatic hydroxyl groups excluding tert-OH is 1. The molecule has 3 aromatic carbocycles. The summed E-state index contributed by atoms with van der Waals surface area (Å²) in [5.74, 6) is 0.304. The normalized spacial score (nSPS) is 18.3. The molecule has 0 aromatic heterocycles. The smallest absolute Gasteiger partial charge is 0.343 e. The third-order valence-corrected chi connectivity index (χ3v) is 8.20. The quantitative estimate of drug-likeness (QED) is 0.213. The SMILES string of the molecule is CCCC1(c2ccccc2)CC(O)=C(/C(=C/C[Si](C)(C)C)c2cccc(OCc3ccccc3)c2)C(=O)O1. The zero-order chi connectivity index (χ0) is 27.2. The minimum absolute atomic E-state index is 0.0796. The zero-order valence-corrected chi connectivity index (χ0v) is 23.9. The minimum Gasteiger partial charge on any atom is -0.511 e. The van der Waals surface area contributed by atoms with Crippen LogP contribution in [0.25, 0.3) is 5.57 Å². The molecular weight excluding hydrogens is 488 g/mol. The molecule has 0 saturated heterocycles. The summed E-state index contributed by atoms with van der Waals surface area (Å²) >= 11 is 0. The molecule has 38 heavy (non-hydrogen) atoms. The maximum atomic E-state index is 13.7. The van der Waals surface area contributed by atoms with Crippen LogP contribution in [0.4, 0.5) is 0 Å². The van der Waals surface area contributed by atoms with Gasteiger partial charge in [0.15, 0.2) is 0 Å². The van der Waals surface area contributed by atoms with Crippen LogP contribution in [0.2, 0.25) is 25.7 Å². The Morgan fingerprint density at radius 2 is 1.68 bits per heavy atom. The molecule has 0 aliphatic carbocycles. The van der Waals surface area contributed by atoms with E-state index in [1.165, 1.54) is 0 Å². The Morgan fingerprint density at radius 1 is 1.00 bits per heavy atom. The highest BCUT2D eigenvalue weighted by Crippen LogP contribution is 2.44.